The van der Waals surface area contributed by atoms with Crippen LogP contribution in [0.1, 0.15) is 168 Å². The summed E-state index contributed by atoms with van der Waals surface area (Å²) in [5.41, 5.74) is 3.34. The summed E-state index contributed by atoms with van der Waals surface area (Å²) in [7, 11) is 2.14. The van der Waals surface area contributed by atoms with Crippen LogP contribution >= 0.6 is 0 Å². The summed E-state index contributed by atoms with van der Waals surface area (Å²) in [5, 5.41) is 0.0441. The van der Waals surface area contributed by atoms with E-state index in [2.05, 4.69) is 73.8 Å². The van der Waals surface area contributed by atoms with Crippen molar-refractivity contribution in [3.8, 4) is 0 Å². The Kier molecular flexibility index (Phi) is 18.6. The number of unbranched alkanes of at least 4 members (excludes halogenated alkanes) is 10. The van der Waals surface area contributed by atoms with Crippen LogP contribution < -0.4 is 0 Å². The Balaban J connectivity index is 2.90. The van der Waals surface area contributed by atoms with Crippen LogP contribution in [0, 0.1) is 5.41 Å². The van der Waals surface area contributed by atoms with Crippen molar-refractivity contribution in [1.29, 1.82) is 0 Å². The standard InChI is InChI=1S/C34H61B2O/c1-7-11-15-18-24-33(5,23-14-10-4)29-31-30(22-21-27-35-31)28-32(37)36-34(6,25-19-16-12-8-2)26-20-17-13-9-3/h21-22,27H,7-20,23-26,28-29H2,1-6H3. The van der Waals surface area contributed by atoms with Crippen LogP contribution in [-0.4, -0.2) is 19.9 Å². The van der Waals surface area contributed by atoms with E-state index in [9.17, 15) is 4.79 Å². The molecule has 1 heterocycles. The quantitative estimate of drug-likeness (QED) is 0.100. The van der Waals surface area contributed by atoms with Gasteiger partial charge in [0.1, 0.15) is 0 Å². The first-order chi connectivity index (χ1) is 17.8. The van der Waals surface area contributed by atoms with Crippen LogP contribution in [0.5, 0.6) is 0 Å². The summed E-state index contributed by atoms with van der Waals surface area (Å²) < 4.78 is 0. The second kappa shape index (κ2) is 20.1. The fourth-order valence-electron chi connectivity index (χ4n) is 6.05. The molecule has 1 rings (SSSR count). The van der Waals surface area contributed by atoms with Crippen molar-refractivity contribution in [2.75, 3.05) is 0 Å². The molecule has 1 radical (unpaired) electrons. The molecule has 0 spiro atoms. The topological polar surface area (TPSA) is 17.1 Å². The normalized spacial score (nSPS) is 13.4. The monoisotopic (exact) mass is 507 g/mol. The van der Waals surface area contributed by atoms with Gasteiger partial charge in [-0.1, -0.05) is 0 Å². The Morgan fingerprint density at radius 1 is 0.730 bits per heavy atom. The van der Waals surface area contributed by atoms with Gasteiger partial charge in [0.25, 0.3) is 0 Å². The third kappa shape index (κ3) is 15.4. The third-order valence-corrected chi connectivity index (χ3v) is 8.58. The van der Waals surface area contributed by atoms with Gasteiger partial charge in [0.2, 0.25) is 0 Å². The van der Waals surface area contributed by atoms with Gasteiger partial charge >= 0.3 is 234 Å². The van der Waals surface area contributed by atoms with E-state index in [1.165, 1.54) is 114 Å². The molecule has 0 saturated heterocycles. The van der Waals surface area contributed by atoms with Crippen LogP contribution in [0.4, 0.5) is 0 Å². The molecule has 0 aromatic carbocycles. The molecular formula is C34H61B2O. The molecule has 37 heavy (non-hydrogen) atoms. The van der Waals surface area contributed by atoms with E-state index in [0.717, 1.165) is 19.3 Å². The van der Waals surface area contributed by atoms with Crippen molar-refractivity contribution in [2.45, 2.75) is 175 Å². The SMILES string of the molecule is CCCCCCC(C)([B]C(=O)Cc1cccbc1CC(C)(CCCC)CCCCCC)CCCCCC. The van der Waals surface area contributed by atoms with Crippen LogP contribution in [0.2, 0.25) is 5.31 Å². The molecule has 1 aromatic heterocycles. The summed E-state index contributed by atoms with van der Waals surface area (Å²) in [6, 6.07) is 4.35. The molecule has 0 aliphatic rings. The van der Waals surface area contributed by atoms with Crippen LogP contribution in [-0.2, 0) is 17.6 Å². The predicted octanol–water partition coefficient (Wildman–Crippen LogP) is 10.6. The van der Waals surface area contributed by atoms with Gasteiger partial charge in [0.15, 0.2) is 0 Å². The Hall–Kier alpha value is -0.850. The zero-order valence-corrected chi connectivity index (χ0v) is 25.9. The number of carbonyl (C=O) groups excluding carboxylic acids is 1. The first-order valence-electron chi connectivity index (χ1n) is 16.3. The van der Waals surface area contributed by atoms with Gasteiger partial charge in [-0.2, -0.15) is 0 Å². The Morgan fingerprint density at radius 3 is 1.78 bits per heavy atom. The summed E-state index contributed by atoms with van der Waals surface area (Å²) >= 11 is 0. The fraction of sp³-hybridized carbons (Fsp3) is 0.824. The van der Waals surface area contributed by atoms with Gasteiger partial charge < -0.3 is 0 Å². The fourth-order valence-corrected chi connectivity index (χ4v) is 6.05. The minimum absolute atomic E-state index is 0.0441. The van der Waals surface area contributed by atoms with Crippen molar-refractivity contribution in [1.82, 2.24) is 0 Å². The molecule has 0 aliphatic heterocycles. The third-order valence-electron chi connectivity index (χ3n) is 8.58. The first-order valence-corrected chi connectivity index (χ1v) is 16.3. The van der Waals surface area contributed by atoms with Gasteiger partial charge in [-0.15, -0.1) is 0 Å². The summed E-state index contributed by atoms with van der Waals surface area (Å²) in [4.78, 5) is 13.5. The Labute approximate surface area is 234 Å². The number of rotatable bonds is 24. The molecule has 0 saturated carbocycles. The molecule has 0 amide bonds. The molecule has 3 heteroatoms. The second-order valence-electron chi connectivity index (χ2n) is 12.7. The van der Waals surface area contributed by atoms with Crippen molar-refractivity contribution >= 4 is 19.9 Å². The molecule has 1 aromatic rings. The average Bonchev–Trinajstić information content (AvgIpc) is 2.87. The van der Waals surface area contributed by atoms with Crippen molar-refractivity contribution in [3.63, 3.8) is 0 Å². The predicted molar refractivity (Wildman–Crippen MR) is 168 cm³/mol. The Bertz CT molecular complexity index is 704. The van der Waals surface area contributed by atoms with Crippen molar-refractivity contribution < 1.29 is 4.79 Å². The van der Waals surface area contributed by atoms with Gasteiger partial charge in [0.05, 0.1) is 0 Å². The second-order valence-corrected chi connectivity index (χ2v) is 12.7. The molecule has 209 valence electrons. The van der Waals surface area contributed by atoms with Gasteiger partial charge in [-0.05, 0) is 0 Å². The maximum absolute atomic E-state index is 13.5. The number of carbonyl (C=O) groups is 1. The molecular weight excluding hydrogens is 446 g/mol. The summed E-state index contributed by atoms with van der Waals surface area (Å²) in [5.74, 6) is 2.18. The zero-order valence-electron chi connectivity index (χ0n) is 25.9. The molecule has 0 aliphatic carbocycles. The van der Waals surface area contributed by atoms with Gasteiger partial charge in [0, 0.05) is 0 Å². The molecule has 0 bridgehead atoms. The molecule has 0 fully saturated rings. The maximum atomic E-state index is 13.5. The van der Waals surface area contributed by atoms with Crippen LogP contribution in [0.25, 0.3) is 0 Å². The molecule has 1 atom stereocenters. The summed E-state index contributed by atoms with van der Waals surface area (Å²) in [6.07, 6.45) is 24.7. The average molecular weight is 507 g/mol. The first kappa shape index (κ1) is 34.2. The van der Waals surface area contributed by atoms with E-state index >= 15 is 0 Å². The van der Waals surface area contributed by atoms with E-state index in [0.29, 0.717) is 17.5 Å². The van der Waals surface area contributed by atoms with Gasteiger partial charge in [-0.25, -0.2) is 0 Å². The number of hydrogen-bond acceptors (Lipinski definition) is 1. The van der Waals surface area contributed by atoms with E-state index in [1.54, 1.807) is 0 Å². The van der Waals surface area contributed by atoms with Crippen molar-refractivity contribution in [2.24, 2.45) is 5.41 Å². The van der Waals surface area contributed by atoms with Crippen molar-refractivity contribution in [3.05, 3.63) is 29.1 Å². The minimum atomic E-state index is 0.0441. The van der Waals surface area contributed by atoms with E-state index in [4.69, 9.17) is 0 Å². The zero-order chi connectivity index (χ0) is 27.4. The molecule has 1 unspecified atom stereocenters. The van der Waals surface area contributed by atoms with Gasteiger partial charge in [-0.3, -0.25) is 0 Å². The number of hydrogen-bond donors (Lipinski definition) is 0. The Morgan fingerprint density at radius 2 is 1.24 bits per heavy atom. The molecule has 0 N–H and O–H groups in total. The van der Waals surface area contributed by atoms with E-state index in [1.807, 2.05) is 0 Å². The van der Waals surface area contributed by atoms with E-state index in [-0.39, 0.29) is 5.31 Å². The van der Waals surface area contributed by atoms with Crippen LogP contribution in [0.15, 0.2) is 18.1 Å². The van der Waals surface area contributed by atoms with E-state index < -0.39 is 0 Å². The van der Waals surface area contributed by atoms with Crippen LogP contribution in [0.3, 0.4) is 0 Å². The summed E-state index contributed by atoms with van der Waals surface area (Å²) in [6.45, 7) is 16.3. The molecule has 1 nitrogen and oxygen atoms in total.